The normalized spacial score (nSPS) is 11.4. The van der Waals surface area contributed by atoms with Crippen molar-refractivity contribution in [1.82, 2.24) is 5.16 Å². The van der Waals surface area contributed by atoms with E-state index in [1.54, 1.807) is 13.0 Å². The monoisotopic (exact) mass is 407 g/mol. The van der Waals surface area contributed by atoms with Gasteiger partial charge in [-0.2, -0.15) is 5.26 Å². The quantitative estimate of drug-likeness (QED) is 0.711. The van der Waals surface area contributed by atoms with Gasteiger partial charge in [0.1, 0.15) is 22.2 Å². The van der Waals surface area contributed by atoms with Gasteiger partial charge in [0, 0.05) is 11.1 Å². The van der Waals surface area contributed by atoms with Gasteiger partial charge < -0.3 is 4.52 Å². The fourth-order valence-electron chi connectivity index (χ4n) is 2.76. The Morgan fingerprint density at radius 2 is 1.93 bits per heavy atom. The molecule has 1 heterocycles. The molecule has 0 atom stereocenters. The maximum atomic E-state index is 14.6. The first-order valence-corrected chi connectivity index (χ1v) is 9.29. The standard InChI is InChI=1S/C18H12F3N3O3S/c1-9-4-10(2-3-11(9)8-22)18-17(15(7-19)27-24-18)12-5-14(21)16(6-13(12)20)28(23,25)26/h2-6H,7H2,1H3,(H2,23,25,26). The van der Waals surface area contributed by atoms with Gasteiger partial charge in [0.15, 0.2) is 12.4 Å². The molecule has 1 aromatic heterocycles. The van der Waals surface area contributed by atoms with Crippen molar-refractivity contribution in [2.24, 2.45) is 5.14 Å². The minimum Gasteiger partial charge on any atom is -0.357 e. The number of sulfonamides is 1. The van der Waals surface area contributed by atoms with Crippen LogP contribution < -0.4 is 5.14 Å². The first-order chi connectivity index (χ1) is 13.2. The van der Waals surface area contributed by atoms with E-state index in [-0.39, 0.29) is 17.0 Å². The molecule has 144 valence electrons. The molecule has 0 spiro atoms. The summed E-state index contributed by atoms with van der Waals surface area (Å²) in [5.74, 6) is -2.81. The van der Waals surface area contributed by atoms with Crippen molar-refractivity contribution in [2.45, 2.75) is 18.5 Å². The van der Waals surface area contributed by atoms with E-state index < -0.39 is 38.8 Å². The number of hydrogen-bond donors (Lipinski definition) is 1. The molecule has 6 nitrogen and oxygen atoms in total. The second-order valence-corrected chi connectivity index (χ2v) is 7.44. The van der Waals surface area contributed by atoms with Gasteiger partial charge in [0.2, 0.25) is 10.0 Å². The number of aromatic nitrogens is 1. The number of hydrogen-bond acceptors (Lipinski definition) is 5. The van der Waals surface area contributed by atoms with Gasteiger partial charge in [-0.15, -0.1) is 0 Å². The smallest absolute Gasteiger partial charge is 0.241 e. The molecule has 0 bridgehead atoms. The third kappa shape index (κ3) is 3.37. The van der Waals surface area contributed by atoms with E-state index in [1.165, 1.54) is 12.1 Å². The molecule has 0 fully saturated rings. The molecular weight excluding hydrogens is 395 g/mol. The summed E-state index contributed by atoms with van der Waals surface area (Å²) in [6.07, 6.45) is 0. The fraction of sp³-hybridized carbons (Fsp3) is 0.111. The average Bonchev–Trinajstić information content (AvgIpc) is 3.06. The summed E-state index contributed by atoms with van der Waals surface area (Å²) in [6, 6.07) is 7.57. The summed E-state index contributed by atoms with van der Waals surface area (Å²) < 4.78 is 69.9. The Hall–Kier alpha value is -3.16. The third-order valence-electron chi connectivity index (χ3n) is 4.10. The lowest BCUT2D eigenvalue weighted by atomic mass is 9.96. The number of benzene rings is 2. The zero-order valence-electron chi connectivity index (χ0n) is 14.3. The SMILES string of the molecule is Cc1cc(-c2noc(CF)c2-c2cc(F)c(S(N)(=O)=O)cc2F)ccc1C#N. The number of nitrogens with two attached hydrogens (primary N) is 1. The number of rotatable bonds is 4. The van der Waals surface area contributed by atoms with Crippen molar-refractivity contribution in [3.63, 3.8) is 0 Å². The largest absolute Gasteiger partial charge is 0.357 e. The molecule has 0 saturated heterocycles. The summed E-state index contributed by atoms with van der Waals surface area (Å²) >= 11 is 0. The van der Waals surface area contributed by atoms with Gasteiger partial charge in [-0.1, -0.05) is 11.2 Å². The number of nitrogens with zero attached hydrogens (tertiary/aromatic N) is 2. The fourth-order valence-corrected chi connectivity index (χ4v) is 3.36. The molecule has 0 radical (unpaired) electrons. The van der Waals surface area contributed by atoms with Crippen molar-refractivity contribution in [1.29, 1.82) is 5.26 Å². The van der Waals surface area contributed by atoms with Crippen LogP contribution in [0.4, 0.5) is 13.2 Å². The molecule has 2 N–H and O–H groups in total. The van der Waals surface area contributed by atoms with Crippen LogP contribution in [-0.4, -0.2) is 13.6 Å². The summed E-state index contributed by atoms with van der Waals surface area (Å²) in [5.41, 5.74) is 0.785. The van der Waals surface area contributed by atoms with E-state index in [0.717, 1.165) is 0 Å². The van der Waals surface area contributed by atoms with Crippen LogP contribution in [0.15, 0.2) is 39.8 Å². The van der Waals surface area contributed by atoms with Crippen LogP contribution in [0.5, 0.6) is 0 Å². The Bertz CT molecular complexity index is 1230. The van der Waals surface area contributed by atoms with Crippen LogP contribution in [0.3, 0.4) is 0 Å². The molecule has 10 heteroatoms. The van der Waals surface area contributed by atoms with Crippen LogP contribution in [0.2, 0.25) is 0 Å². The molecular formula is C18H12F3N3O3S. The second kappa shape index (κ2) is 7.10. The number of halogens is 3. The average molecular weight is 407 g/mol. The third-order valence-corrected chi connectivity index (χ3v) is 5.03. The van der Waals surface area contributed by atoms with Crippen LogP contribution in [0.25, 0.3) is 22.4 Å². The summed E-state index contributed by atoms with van der Waals surface area (Å²) in [5, 5.41) is 17.6. The Kier molecular flexibility index (Phi) is 4.97. The topological polar surface area (TPSA) is 110 Å². The van der Waals surface area contributed by atoms with Gasteiger partial charge in [-0.25, -0.2) is 26.7 Å². The van der Waals surface area contributed by atoms with Crippen molar-refractivity contribution < 1.29 is 26.1 Å². The molecule has 3 aromatic rings. The predicted octanol–water partition coefficient (Wildman–Crippen LogP) is 3.58. The van der Waals surface area contributed by atoms with E-state index in [2.05, 4.69) is 5.16 Å². The van der Waals surface area contributed by atoms with E-state index in [4.69, 9.17) is 14.9 Å². The highest BCUT2D eigenvalue weighted by Gasteiger charge is 2.26. The zero-order chi connectivity index (χ0) is 20.6. The minimum atomic E-state index is -4.49. The lowest BCUT2D eigenvalue weighted by Crippen LogP contribution is -2.14. The van der Waals surface area contributed by atoms with E-state index in [1.807, 2.05) is 6.07 Å². The van der Waals surface area contributed by atoms with E-state index in [9.17, 15) is 21.6 Å². The molecule has 0 aliphatic heterocycles. The molecule has 0 saturated carbocycles. The predicted molar refractivity (Wildman–Crippen MR) is 92.9 cm³/mol. The highest BCUT2D eigenvalue weighted by molar-refractivity contribution is 7.89. The van der Waals surface area contributed by atoms with Gasteiger partial charge in [-0.3, -0.25) is 0 Å². The number of alkyl halides is 1. The lowest BCUT2D eigenvalue weighted by molar-refractivity contribution is 0.332. The first-order valence-electron chi connectivity index (χ1n) is 7.75. The van der Waals surface area contributed by atoms with Crippen LogP contribution in [-0.2, 0) is 16.7 Å². The molecule has 28 heavy (non-hydrogen) atoms. The van der Waals surface area contributed by atoms with Crippen molar-refractivity contribution >= 4 is 10.0 Å². The van der Waals surface area contributed by atoms with Gasteiger partial charge in [0.05, 0.1) is 17.2 Å². The Morgan fingerprint density at radius 3 is 2.50 bits per heavy atom. The van der Waals surface area contributed by atoms with Crippen LogP contribution in [0.1, 0.15) is 16.9 Å². The molecule has 0 aliphatic carbocycles. The lowest BCUT2D eigenvalue weighted by Gasteiger charge is -2.09. The number of aryl methyl sites for hydroxylation is 1. The van der Waals surface area contributed by atoms with Crippen molar-refractivity contribution in [2.75, 3.05) is 0 Å². The molecule has 0 amide bonds. The Morgan fingerprint density at radius 1 is 1.21 bits per heavy atom. The molecule has 2 aromatic carbocycles. The van der Waals surface area contributed by atoms with Gasteiger partial charge in [-0.05, 0) is 36.8 Å². The first kappa shape index (κ1) is 19.6. The number of primary sulfonamides is 1. The molecule has 0 aliphatic rings. The maximum Gasteiger partial charge on any atom is 0.241 e. The zero-order valence-corrected chi connectivity index (χ0v) is 15.1. The van der Waals surface area contributed by atoms with Gasteiger partial charge in [0.25, 0.3) is 0 Å². The summed E-state index contributed by atoms with van der Waals surface area (Å²) in [7, 11) is -4.49. The van der Waals surface area contributed by atoms with Crippen molar-refractivity contribution in [3.05, 3.63) is 58.9 Å². The molecule has 0 unspecified atom stereocenters. The second-order valence-electron chi connectivity index (χ2n) is 5.91. The van der Waals surface area contributed by atoms with Crippen molar-refractivity contribution in [3.8, 4) is 28.5 Å². The summed E-state index contributed by atoms with van der Waals surface area (Å²) in [6.45, 7) is 0.509. The highest BCUT2D eigenvalue weighted by atomic mass is 32.2. The van der Waals surface area contributed by atoms with E-state index in [0.29, 0.717) is 28.8 Å². The maximum absolute atomic E-state index is 14.6. The Balaban J connectivity index is 2.27. The highest BCUT2D eigenvalue weighted by Crippen LogP contribution is 2.38. The van der Waals surface area contributed by atoms with Crippen LogP contribution in [0, 0.1) is 29.9 Å². The van der Waals surface area contributed by atoms with E-state index >= 15 is 0 Å². The minimum absolute atomic E-state index is 0.0156. The number of nitriles is 1. The van der Waals surface area contributed by atoms with Crippen LogP contribution >= 0.6 is 0 Å². The molecule has 3 rings (SSSR count). The Labute approximate surface area is 158 Å². The van der Waals surface area contributed by atoms with Gasteiger partial charge >= 0.3 is 0 Å². The summed E-state index contributed by atoms with van der Waals surface area (Å²) in [4.78, 5) is -1.03.